The molecule has 0 radical (unpaired) electrons. The van der Waals surface area contributed by atoms with Crippen LogP contribution < -0.4 is 5.73 Å². The highest BCUT2D eigenvalue weighted by atomic mass is 16.5. The molecule has 0 saturated carbocycles. The van der Waals surface area contributed by atoms with Crippen molar-refractivity contribution in [3.05, 3.63) is 71.8 Å². The molecule has 2 aromatic rings. The van der Waals surface area contributed by atoms with Gasteiger partial charge in [-0.3, -0.25) is 0 Å². The molecule has 0 unspecified atom stereocenters. The first-order chi connectivity index (χ1) is 11.8. The van der Waals surface area contributed by atoms with Crippen LogP contribution in [0.2, 0.25) is 0 Å². The van der Waals surface area contributed by atoms with Gasteiger partial charge in [0.2, 0.25) is 0 Å². The first kappa shape index (κ1) is 16.5. The lowest BCUT2D eigenvalue weighted by molar-refractivity contribution is 0.00818. The molecule has 1 saturated heterocycles. The van der Waals surface area contributed by atoms with Crippen molar-refractivity contribution in [3.63, 3.8) is 0 Å². The van der Waals surface area contributed by atoms with Crippen molar-refractivity contribution in [2.75, 3.05) is 13.1 Å². The molecule has 126 valence electrons. The maximum absolute atomic E-state index is 6.14. The van der Waals surface area contributed by atoms with Gasteiger partial charge in [0.1, 0.15) is 0 Å². The van der Waals surface area contributed by atoms with Crippen molar-refractivity contribution >= 4 is 5.96 Å². The maximum atomic E-state index is 6.14. The fourth-order valence-electron chi connectivity index (χ4n) is 2.90. The molecule has 2 aromatic carbocycles. The summed E-state index contributed by atoms with van der Waals surface area (Å²) in [5.41, 5.74) is 8.55. The highest BCUT2D eigenvalue weighted by Gasteiger charge is 2.20. The summed E-state index contributed by atoms with van der Waals surface area (Å²) in [6, 6.07) is 20.5. The van der Waals surface area contributed by atoms with E-state index in [2.05, 4.69) is 34.2 Å². The van der Waals surface area contributed by atoms with Gasteiger partial charge in [0, 0.05) is 13.1 Å². The minimum Gasteiger partial charge on any atom is -0.373 e. The molecule has 0 aliphatic carbocycles. The minimum atomic E-state index is 0.309. The Morgan fingerprint density at radius 1 is 0.958 bits per heavy atom. The summed E-state index contributed by atoms with van der Waals surface area (Å²) < 4.78 is 6.02. The van der Waals surface area contributed by atoms with E-state index in [9.17, 15) is 0 Å². The largest absolute Gasteiger partial charge is 0.373 e. The lowest BCUT2D eigenvalue weighted by atomic mass is 10.1. The summed E-state index contributed by atoms with van der Waals surface area (Å²) in [6.45, 7) is 3.13. The van der Waals surface area contributed by atoms with Crippen LogP contribution in [-0.4, -0.2) is 30.1 Å². The molecular weight excluding hydrogens is 298 g/mol. The van der Waals surface area contributed by atoms with Crippen LogP contribution in [0.1, 0.15) is 24.0 Å². The summed E-state index contributed by atoms with van der Waals surface area (Å²) >= 11 is 0. The number of benzene rings is 2. The summed E-state index contributed by atoms with van der Waals surface area (Å²) in [6.07, 6.45) is 2.30. The van der Waals surface area contributed by atoms with E-state index >= 15 is 0 Å². The molecule has 1 aliphatic rings. The summed E-state index contributed by atoms with van der Waals surface area (Å²) in [4.78, 5) is 6.67. The Hall–Kier alpha value is -2.33. The van der Waals surface area contributed by atoms with E-state index in [1.807, 2.05) is 36.4 Å². The van der Waals surface area contributed by atoms with E-state index in [4.69, 9.17) is 10.5 Å². The van der Waals surface area contributed by atoms with Gasteiger partial charge in [-0.2, -0.15) is 0 Å². The van der Waals surface area contributed by atoms with E-state index in [0.717, 1.165) is 25.9 Å². The molecule has 2 N–H and O–H groups in total. The molecule has 0 spiro atoms. The van der Waals surface area contributed by atoms with E-state index in [-0.39, 0.29) is 0 Å². The number of nitrogens with zero attached hydrogens (tertiary/aromatic N) is 2. The number of piperidine rings is 1. The molecule has 24 heavy (non-hydrogen) atoms. The van der Waals surface area contributed by atoms with Gasteiger partial charge < -0.3 is 15.4 Å². The predicted molar refractivity (Wildman–Crippen MR) is 97.6 cm³/mol. The monoisotopic (exact) mass is 323 g/mol. The Balaban J connectivity index is 1.42. The summed E-state index contributed by atoms with van der Waals surface area (Å²) in [5.74, 6) is 0.639. The Kier molecular flexibility index (Phi) is 5.85. The Bertz CT molecular complexity index is 634. The number of rotatable bonds is 5. The van der Waals surface area contributed by atoms with Crippen LogP contribution in [0.25, 0.3) is 0 Å². The third-order valence-electron chi connectivity index (χ3n) is 4.36. The van der Waals surface area contributed by atoms with Crippen LogP contribution in [0, 0.1) is 0 Å². The molecule has 3 rings (SSSR count). The number of likely N-dealkylation sites (tertiary alicyclic amines) is 1. The summed E-state index contributed by atoms with van der Waals surface area (Å²) in [5, 5.41) is 0. The molecule has 0 bridgehead atoms. The van der Waals surface area contributed by atoms with E-state index in [1.54, 1.807) is 0 Å². The predicted octanol–water partition coefficient (Wildman–Crippen LogP) is 3.18. The number of nitrogens with two attached hydrogens (primary N) is 1. The zero-order valence-corrected chi connectivity index (χ0v) is 14.0. The smallest absolute Gasteiger partial charge is 0.191 e. The van der Waals surface area contributed by atoms with Crippen LogP contribution in [0.4, 0.5) is 0 Å². The second-order valence-electron chi connectivity index (χ2n) is 6.14. The number of hydrogen-bond donors (Lipinski definition) is 1. The SMILES string of the molecule is NC(=NCc1ccccc1)N1CCC(OCc2ccccc2)CC1. The first-order valence-corrected chi connectivity index (χ1v) is 8.55. The van der Waals surface area contributed by atoms with E-state index < -0.39 is 0 Å². The molecular formula is C20H25N3O. The molecule has 0 aromatic heterocycles. The molecule has 0 amide bonds. The lowest BCUT2D eigenvalue weighted by Gasteiger charge is -2.32. The second-order valence-corrected chi connectivity index (χ2v) is 6.14. The molecule has 1 fully saturated rings. The lowest BCUT2D eigenvalue weighted by Crippen LogP contribution is -2.44. The van der Waals surface area contributed by atoms with Crippen molar-refractivity contribution in [2.24, 2.45) is 10.7 Å². The minimum absolute atomic E-state index is 0.309. The van der Waals surface area contributed by atoms with Crippen molar-refractivity contribution < 1.29 is 4.74 Å². The third kappa shape index (κ3) is 4.83. The van der Waals surface area contributed by atoms with Gasteiger partial charge in [0.15, 0.2) is 5.96 Å². The molecule has 4 nitrogen and oxygen atoms in total. The van der Waals surface area contributed by atoms with Gasteiger partial charge in [-0.05, 0) is 24.0 Å². The van der Waals surface area contributed by atoms with Gasteiger partial charge in [0.05, 0.1) is 19.3 Å². The fraction of sp³-hybridized carbons (Fsp3) is 0.350. The summed E-state index contributed by atoms with van der Waals surface area (Å²) in [7, 11) is 0. The van der Waals surface area contributed by atoms with Crippen LogP contribution in [0.3, 0.4) is 0 Å². The van der Waals surface area contributed by atoms with E-state index in [1.165, 1.54) is 11.1 Å². The number of aliphatic imine (C=N–C) groups is 1. The zero-order valence-electron chi connectivity index (χ0n) is 14.0. The Morgan fingerprint density at radius 2 is 1.54 bits per heavy atom. The standard InChI is InChI=1S/C20H25N3O/c21-20(22-15-17-7-3-1-4-8-17)23-13-11-19(12-14-23)24-16-18-9-5-2-6-10-18/h1-10,19H,11-16H2,(H2,21,22). The quantitative estimate of drug-likeness (QED) is 0.679. The van der Waals surface area contributed by atoms with E-state index in [0.29, 0.717) is 25.2 Å². The van der Waals surface area contributed by atoms with Crippen LogP contribution in [0.5, 0.6) is 0 Å². The average Bonchev–Trinajstić information content (AvgIpc) is 2.66. The Labute approximate surface area is 144 Å². The van der Waals surface area contributed by atoms with Gasteiger partial charge in [-0.15, -0.1) is 0 Å². The third-order valence-corrected chi connectivity index (χ3v) is 4.36. The van der Waals surface area contributed by atoms with Gasteiger partial charge in [-0.1, -0.05) is 60.7 Å². The topological polar surface area (TPSA) is 50.8 Å². The van der Waals surface area contributed by atoms with Crippen molar-refractivity contribution in [1.29, 1.82) is 0 Å². The maximum Gasteiger partial charge on any atom is 0.191 e. The molecule has 1 heterocycles. The van der Waals surface area contributed by atoms with Crippen LogP contribution in [0.15, 0.2) is 65.7 Å². The Morgan fingerprint density at radius 3 is 2.17 bits per heavy atom. The molecule has 0 atom stereocenters. The first-order valence-electron chi connectivity index (χ1n) is 8.55. The van der Waals surface area contributed by atoms with Gasteiger partial charge >= 0.3 is 0 Å². The van der Waals surface area contributed by atoms with Crippen molar-refractivity contribution in [2.45, 2.75) is 32.1 Å². The highest BCUT2D eigenvalue weighted by Crippen LogP contribution is 2.15. The van der Waals surface area contributed by atoms with Crippen LogP contribution >= 0.6 is 0 Å². The number of ether oxygens (including phenoxy) is 1. The van der Waals surface area contributed by atoms with Crippen molar-refractivity contribution in [3.8, 4) is 0 Å². The fourth-order valence-corrected chi connectivity index (χ4v) is 2.90. The average molecular weight is 323 g/mol. The molecule has 4 heteroatoms. The van der Waals surface area contributed by atoms with Crippen molar-refractivity contribution in [1.82, 2.24) is 4.90 Å². The zero-order chi connectivity index (χ0) is 16.6. The van der Waals surface area contributed by atoms with Crippen LogP contribution in [-0.2, 0) is 17.9 Å². The number of guanidine groups is 1. The molecule has 1 aliphatic heterocycles. The van der Waals surface area contributed by atoms with Gasteiger partial charge in [-0.25, -0.2) is 4.99 Å². The van der Waals surface area contributed by atoms with Gasteiger partial charge in [0.25, 0.3) is 0 Å². The number of hydrogen-bond acceptors (Lipinski definition) is 2. The highest BCUT2D eigenvalue weighted by molar-refractivity contribution is 5.78. The normalized spacial score (nSPS) is 16.3. The second kappa shape index (κ2) is 8.50.